The second-order valence-electron chi connectivity index (χ2n) is 10.5. The van der Waals surface area contributed by atoms with Crippen LogP contribution in [-0.4, -0.2) is 51.7 Å². The third-order valence-electron chi connectivity index (χ3n) is 7.47. The van der Waals surface area contributed by atoms with Gasteiger partial charge in [0, 0.05) is 53.5 Å². The molecule has 11 nitrogen and oxygen atoms in total. The molecule has 0 bridgehead atoms. The molecule has 0 radical (unpaired) electrons. The number of carbonyl (C=O) groups is 1. The SMILES string of the molecule is N#Cc1cccc(COC(=O)Nc2cccc(-c3nc4sccn4c3-c3ccnc(Nc4ccc(N5CCOCC5)cc4)n3)c2)c1. The summed E-state index contributed by atoms with van der Waals surface area (Å²) in [7, 11) is 0. The average Bonchev–Trinajstić information content (AvgIpc) is 3.71. The van der Waals surface area contributed by atoms with E-state index in [0.717, 1.165) is 65.2 Å². The third kappa shape index (κ3) is 6.37. The van der Waals surface area contributed by atoms with Crippen LogP contribution in [-0.2, 0) is 16.1 Å². The molecule has 3 aromatic carbocycles. The van der Waals surface area contributed by atoms with Crippen LogP contribution < -0.4 is 15.5 Å². The molecule has 0 spiro atoms. The van der Waals surface area contributed by atoms with E-state index in [0.29, 0.717) is 22.9 Å². The van der Waals surface area contributed by atoms with E-state index < -0.39 is 6.09 Å². The molecule has 0 aliphatic carbocycles. The molecular formula is C34H28N8O3S. The fourth-order valence-electron chi connectivity index (χ4n) is 5.27. The Hall–Kier alpha value is -5.77. The van der Waals surface area contributed by atoms with Crippen LogP contribution in [0.25, 0.3) is 27.6 Å². The maximum atomic E-state index is 12.6. The minimum atomic E-state index is -0.602. The summed E-state index contributed by atoms with van der Waals surface area (Å²) in [6, 6.07) is 26.6. The van der Waals surface area contributed by atoms with Gasteiger partial charge in [-0.3, -0.25) is 9.72 Å². The Morgan fingerprint density at radius 3 is 2.70 bits per heavy atom. The van der Waals surface area contributed by atoms with Gasteiger partial charge in [-0.05, 0) is 60.2 Å². The summed E-state index contributed by atoms with van der Waals surface area (Å²) in [6.45, 7) is 3.28. The lowest BCUT2D eigenvalue weighted by molar-refractivity contribution is 0.122. The normalized spacial score (nSPS) is 12.9. The van der Waals surface area contributed by atoms with E-state index in [1.807, 2.05) is 52.4 Å². The Morgan fingerprint density at radius 1 is 1.00 bits per heavy atom. The topological polar surface area (TPSA) is 130 Å². The number of rotatable bonds is 8. The molecule has 6 aromatic rings. The van der Waals surface area contributed by atoms with Crippen molar-refractivity contribution in [2.24, 2.45) is 0 Å². The van der Waals surface area contributed by atoms with Gasteiger partial charge in [0.05, 0.1) is 36.2 Å². The number of hydrogen-bond acceptors (Lipinski definition) is 10. The van der Waals surface area contributed by atoms with Crippen LogP contribution in [0.1, 0.15) is 11.1 Å². The maximum Gasteiger partial charge on any atom is 0.411 e. The number of ether oxygens (including phenoxy) is 2. The van der Waals surface area contributed by atoms with Gasteiger partial charge in [-0.25, -0.2) is 19.7 Å². The highest BCUT2D eigenvalue weighted by molar-refractivity contribution is 7.15. The summed E-state index contributed by atoms with van der Waals surface area (Å²) < 4.78 is 12.9. The van der Waals surface area contributed by atoms with Gasteiger partial charge in [0.2, 0.25) is 5.95 Å². The van der Waals surface area contributed by atoms with Crippen LogP contribution in [0, 0.1) is 11.3 Å². The van der Waals surface area contributed by atoms with Gasteiger partial charge in [0.1, 0.15) is 12.3 Å². The van der Waals surface area contributed by atoms with Crippen LogP contribution in [0.2, 0.25) is 0 Å². The monoisotopic (exact) mass is 628 g/mol. The molecule has 7 rings (SSSR count). The second-order valence-corrected chi connectivity index (χ2v) is 11.4. The number of aromatic nitrogens is 4. The molecule has 2 N–H and O–H groups in total. The van der Waals surface area contributed by atoms with E-state index in [9.17, 15) is 4.79 Å². The molecule has 1 amide bonds. The summed E-state index contributed by atoms with van der Waals surface area (Å²) in [5.41, 5.74) is 6.86. The molecular weight excluding hydrogens is 600 g/mol. The van der Waals surface area contributed by atoms with E-state index in [4.69, 9.17) is 24.7 Å². The largest absolute Gasteiger partial charge is 0.444 e. The number of carbonyl (C=O) groups excluding carboxylic acids is 1. The second kappa shape index (κ2) is 13.1. The molecule has 0 atom stereocenters. The van der Waals surface area contributed by atoms with E-state index in [1.54, 1.807) is 36.5 Å². The van der Waals surface area contributed by atoms with Crippen LogP contribution in [0.3, 0.4) is 0 Å². The van der Waals surface area contributed by atoms with Crippen molar-refractivity contribution in [3.05, 3.63) is 108 Å². The van der Waals surface area contributed by atoms with Crippen LogP contribution >= 0.6 is 11.3 Å². The van der Waals surface area contributed by atoms with Crippen molar-refractivity contribution >= 4 is 45.4 Å². The third-order valence-corrected chi connectivity index (χ3v) is 8.23. The van der Waals surface area contributed by atoms with Crippen molar-refractivity contribution in [3.63, 3.8) is 0 Å². The number of amides is 1. The van der Waals surface area contributed by atoms with E-state index in [-0.39, 0.29) is 6.61 Å². The highest BCUT2D eigenvalue weighted by atomic mass is 32.1. The van der Waals surface area contributed by atoms with Crippen LogP contribution in [0.4, 0.5) is 27.8 Å². The number of nitrogens with one attached hydrogen (secondary N) is 2. The van der Waals surface area contributed by atoms with E-state index >= 15 is 0 Å². The number of morpholine rings is 1. The standard InChI is InChI=1S/C34H28N8O3S/c35-21-23-3-1-4-24(19-23)22-45-34(43)38-27-6-2-5-25(20-27)30-31(42-15-18-46-33(42)40-30)29-11-12-36-32(39-29)37-26-7-9-28(10-8-26)41-13-16-44-17-14-41/h1-12,15,18-20H,13-14,16-17,22H2,(H,38,43)(H,36,37,39). The molecule has 3 aromatic heterocycles. The predicted molar refractivity (Wildman–Crippen MR) is 177 cm³/mol. The Bertz CT molecular complexity index is 2040. The molecule has 0 unspecified atom stereocenters. The van der Waals surface area contributed by atoms with E-state index in [1.165, 1.54) is 11.3 Å². The number of benzene rings is 3. The zero-order chi connectivity index (χ0) is 31.3. The summed E-state index contributed by atoms with van der Waals surface area (Å²) >= 11 is 1.52. The van der Waals surface area contributed by atoms with Crippen molar-refractivity contribution in [2.45, 2.75) is 6.61 Å². The zero-order valence-electron chi connectivity index (χ0n) is 24.6. The van der Waals surface area contributed by atoms with Crippen molar-refractivity contribution in [1.29, 1.82) is 5.26 Å². The smallest absolute Gasteiger partial charge is 0.411 e. The molecule has 12 heteroatoms. The first-order valence-electron chi connectivity index (χ1n) is 14.6. The minimum Gasteiger partial charge on any atom is -0.444 e. The molecule has 0 saturated carbocycles. The number of fused-ring (bicyclic) bond motifs is 1. The van der Waals surface area contributed by atoms with Gasteiger partial charge in [0.25, 0.3) is 0 Å². The molecule has 1 aliphatic heterocycles. The zero-order valence-corrected chi connectivity index (χ0v) is 25.4. The summed E-state index contributed by atoms with van der Waals surface area (Å²) in [4.78, 5) is 30.0. The fourth-order valence-corrected chi connectivity index (χ4v) is 5.98. The predicted octanol–water partition coefficient (Wildman–Crippen LogP) is 6.72. The number of anilines is 4. The van der Waals surface area contributed by atoms with Crippen molar-refractivity contribution < 1.29 is 14.3 Å². The first kappa shape index (κ1) is 29.0. The molecule has 46 heavy (non-hydrogen) atoms. The lowest BCUT2D eigenvalue weighted by atomic mass is 10.1. The first-order chi connectivity index (χ1) is 22.6. The van der Waals surface area contributed by atoms with Gasteiger partial charge in [-0.2, -0.15) is 5.26 Å². The first-order valence-corrected chi connectivity index (χ1v) is 15.5. The average molecular weight is 629 g/mol. The van der Waals surface area contributed by atoms with Crippen LogP contribution in [0.15, 0.2) is 96.6 Å². The lowest BCUT2D eigenvalue weighted by Crippen LogP contribution is -2.36. The lowest BCUT2D eigenvalue weighted by Gasteiger charge is -2.28. The number of imidazole rings is 1. The van der Waals surface area contributed by atoms with Gasteiger partial charge in [-0.1, -0.05) is 24.3 Å². The molecule has 1 saturated heterocycles. The molecule has 4 heterocycles. The highest BCUT2D eigenvalue weighted by Crippen LogP contribution is 2.35. The maximum absolute atomic E-state index is 12.6. The Labute approximate surface area is 268 Å². The Balaban J connectivity index is 1.10. The van der Waals surface area contributed by atoms with Gasteiger partial charge < -0.3 is 19.7 Å². The van der Waals surface area contributed by atoms with Gasteiger partial charge in [-0.15, -0.1) is 11.3 Å². The van der Waals surface area contributed by atoms with E-state index in [2.05, 4.69) is 38.7 Å². The summed E-state index contributed by atoms with van der Waals surface area (Å²) in [5, 5.41) is 17.2. The minimum absolute atomic E-state index is 0.0462. The highest BCUT2D eigenvalue weighted by Gasteiger charge is 2.19. The number of nitriles is 1. The Morgan fingerprint density at radius 2 is 1.85 bits per heavy atom. The quantitative estimate of drug-likeness (QED) is 0.189. The number of hydrogen-bond donors (Lipinski definition) is 2. The van der Waals surface area contributed by atoms with Crippen molar-refractivity contribution in [3.8, 4) is 28.7 Å². The fraction of sp³-hybridized carbons (Fsp3) is 0.147. The number of thiazole rings is 1. The number of nitrogens with zero attached hydrogens (tertiary/aromatic N) is 6. The van der Waals surface area contributed by atoms with Gasteiger partial charge in [0.15, 0.2) is 4.96 Å². The molecule has 1 aliphatic rings. The Kier molecular flexibility index (Phi) is 8.23. The van der Waals surface area contributed by atoms with Gasteiger partial charge >= 0.3 is 6.09 Å². The summed E-state index contributed by atoms with van der Waals surface area (Å²) in [5.74, 6) is 0.464. The van der Waals surface area contributed by atoms with Crippen molar-refractivity contribution in [2.75, 3.05) is 41.8 Å². The van der Waals surface area contributed by atoms with Crippen molar-refractivity contribution in [1.82, 2.24) is 19.4 Å². The molecule has 228 valence electrons. The molecule has 1 fully saturated rings. The summed E-state index contributed by atoms with van der Waals surface area (Å²) in [6.07, 6.45) is 3.09. The van der Waals surface area contributed by atoms with Crippen LogP contribution in [0.5, 0.6) is 0 Å².